The fraction of sp³-hybridized carbons (Fsp3) is 0.417. The molecular weight excluding hydrogens is 295 g/mol. The molecule has 6 heteroatoms. The van der Waals surface area contributed by atoms with E-state index in [1.165, 1.54) is 0 Å². The zero-order valence-corrected chi connectivity index (χ0v) is 11.9. The first-order valence-electron chi connectivity index (χ1n) is 5.52. The molecule has 18 heavy (non-hydrogen) atoms. The third-order valence-corrected chi connectivity index (χ3v) is 4.88. The minimum Gasteiger partial charge on any atom is -0.381 e. The molecule has 2 atom stereocenters. The van der Waals surface area contributed by atoms with Gasteiger partial charge in [-0.25, -0.2) is 0 Å². The van der Waals surface area contributed by atoms with Crippen molar-refractivity contribution in [3.63, 3.8) is 0 Å². The van der Waals surface area contributed by atoms with Gasteiger partial charge in [-0.2, -0.15) is 0 Å². The van der Waals surface area contributed by atoms with Gasteiger partial charge in [0, 0.05) is 17.4 Å². The molecule has 1 saturated heterocycles. The van der Waals surface area contributed by atoms with Crippen molar-refractivity contribution in [3.05, 3.63) is 28.2 Å². The Labute approximate surface area is 118 Å². The molecule has 0 saturated carbocycles. The molecule has 0 bridgehead atoms. The summed E-state index contributed by atoms with van der Waals surface area (Å²) in [6.45, 7) is 1.05. The van der Waals surface area contributed by atoms with Gasteiger partial charge in [0.25, 0.3) is 0 Å². The van der Waals surface area contributed by atoms with E-state index in [0.29, 0.717) is 28.2 Å². The van der Waals surface area contributed by atoms with E-state index in [-0.39, 0.29) is 17.5 Å². The molecule has 98 valence electrons. The molecule has 0 aromatic heterocycles. The molecular formula is C12H12Cl2O3S. The maximum atomic E-state index is 12.0. The molecule has 1 aliphatic heterocycles. The second-order valence-electron chi connectivity index (χ2n) is 4.09. The lowest BCUT2D eigenvalue weighted by molar-refractivity contribution is -0.120. The zero-order valence-electron chi connectivity index (χ0n) is 9.53. The number of halogens is 2. The van der Waals surface area contributed by atoms with Crippen LogP contribution in [0.5, 0.6) is 0 Å². The topological polar surface area (TPSA) is 43.4 Å². The Hall–Kier alpha value is -0.420. The summed E-state index contributed by atoms with van der Waals surface area (Å²) in [6, 6.07) is 4.75. The highest BCUT2D eigenvalue weighted by molar-refractivity contribution is 7.85. The first kappa shape index (κ1) is 14.0. The van der Waals surface area contributed by atoms with Gasteiger partial charge in [0.1, 0.15) is 0 Å². The summed E-state index contributed by atoms with van der Waals surface area (Å²) in [7, 11) is -1.38. The summed E-state index contributed by atoms with van der Waals surface area (Å²) in [6.07, 6.45) is 0.720. The van der Waals surface area contributed by atoms with Crippen molar-refractivity contribution in [2.75, 3.05) is 19.0 Å². The number of hydrogen-bond donors (Lipinski definition) is 0. The van der Waals surface area contributed by atoms with Crippen LogP contribution in [0.3, 0.4) is 0 Å². The van der Waals surface area contributed by atoms with E-state index in [0.717, 1.165) is 6.42 Å². The summed E-state index contributed by atoms with van der Waals surface area (Å²) in [5.74, 6) is -0.125. The van der Waals surface area contributed by atoms with E-state index < -0.39 is 10.8 Å². The van der Waals surface area contributed by atoms with Crippen molar-refractivity contribution in [2.45, 2.75) is 11.3 Å². The predicted octanol–water partition coefficient (Wildman–Crippen LogP) is 2.71. The third-order valence-electron chi connectivity index (χ3n) is 2.81. The van der Waals surface area contributed by atoms with Crippen molar-refractivity contribution in [3.8, 4) is 0 Å². The van der Waals surface area contributed by atoms with Gasteiger partial charge in [-0.1, -0.05) is 23.2 Å². The van der Waals surface area contributed by atoms with Crippen LogP contribution in [0.15, 0.2) is 23.1 Å². The van der Waals surface area contributed by atoms with Crippen molar-refractivity contribution < 1.29 is 13.7 Å². The van der Waals surface area contributed by atoms with Crippen LogP contribution in [-0.4, -0.2) is 29.0 Å². The van der Waals surface area contributed by atoms with E-state index >= 15 is 0 Å². The van der Waals surface area contributed by atoms with E-state index in [2.05, 4.69) is 0 Å². The van der Waals surface area contributed by atoms with Crippen LogP contribution < -0.4 is 0 Å². The number of hydrogen-bond acceptors (Lipinski definition) is 3. The summed E-state index contributed by atoms with van der Waals surface area (Å²) in [4.78, 5) is 12.4. The number of rotatable bonds is 4. The molecule has 0 aliphatic carbocycles. The van der Waals surface area contributed by atoms with Gasteiger partial charge in [-0.3, -0.25) is 9.00 Å². The molecule has 0 amide bonds. The Balaban J connectivity index is 2.02. The van der Waals surface area contributed by atoms with Crippen LogP contribution in [0, 0.1) is 5.92 Å². The molecule has 1 aromatic carbocycles. The third kappa shape index (κ3) is 3.32. The fourth-order valence-electron chi connectivity index (χ4n) is 1.74. The Morgan fingerprint density at radius 1 is 1.39 bits per heavy atom. The molecule has 2 unspecified atom stereocenters. The standard InChI is InChI=1S/C12H12Cl2O3S/c13-10-2-1-9(5-11(10)14)18(16)7-12(15)8-3-4-17-6-8/h1-2,5,8H,3-4,6-7H2. The van der Waals surface area contributed by atoms with Crippen LogP contribution in [-0.2, 0) is 20.3 Å². The minimum atomic E-state index is -1.38. The van der Waals surface area contributed by atoms with Gasteiger partial charge >= 0.3 is 0 Å². The Morgan fingerprint density at radius 2 is 2.17 bits per heavy atom. The van der Waals surface area contributed by atoms with Crippen LogP contribution >= 0.6 is 23.2 Å². The molecule has 1 aromatic rings. The lowest BCUT2D eigenvalue weighted by atomic mass is 10.1. The highest BCUT2D eigenvalue weighted by Crippen LogP contribution is 2.24. The fourth-order valence-corrected chi connectivity index (χ4v) is 3.23. The molecule has 2 rings (SSSR count). The summed E-state index contributed by atoms with van der Waals surface area (Å²) in [5, 5.41) is 0.757. The molecule has 3 nitrogen and oxygen atoms in total. The van der Waals surface area contributed by atoms with E-state index in [1.54, 1.807) is 18.2 Å². The predicted molar refractivity (Wildman–Crippen MR) is 71.7 cm³/mol. The van der Waals surface area contributed by atoms with Gasteiger partial charge in [-0.05, 0) is 24.6 Å². The smallest absolute Gasteiger partial charge is 0.151 e. The minimum absolute atomic E-state index is 0.00594. The number of carbonyl (C=O) groups excluding carboxylic acids is 1. The van der Waals surface area contributed by atoms with Gasteiger partial charge in [0.2, 0.25) is 0 Å². The lowest BCUT2D eigenvalue weighted by Crippen LogP contribution is -2.21. The Bertz CT molecular complexity index is 484. The van der Waals surface area contributed by atoms with Gasteiger partial charge < -0.3 is 4.74 Å². The summed E-state index contributed by atoms with van der Waals surface area (Å²) in [5.41, 5.74) is 0. The largest absolute Gasteiger partial charge is 0.381 e. The van der Waals surface area contributed by atoms with Gasteiger partial charge in [0.05, 0.1) is 33.2 Å². The normalized spacial score (nSPS) is 20.9. The number of ether oxygens (including phenoxy) is 1. The summed E-state index contributed by atoms with van der Waals surface area (Å²) >= 11 is 11.6. The number of Topliss-reactive ketones (excluding diaryl/α,β-unsaturated/α-hetero) is 1. The molecule has 0 spiro atoms. The molecule has 0 N–H and O–H groups in total. The van der Waals surface area contributed by atoms with Crippen molar-refractivity contribution >= 4 is 39.8 Å². The second kappa shape index (κ2) is 6.15. The Kier molecular flexibility index (Phi) is 4.78. The first-order valence-corrected chi connectivity index (χ1v) is 7.59. The van der Waals surface area contributed by atoms with Crippen LogP contribution in [0.1, 0.15) is 6.42 Å². The van der Waals surface area contributed by atoms with E-state index in [1.807, 2.05) is 0 Å². The second-order valence-corrected chi connectivity index (χ2v) is 6.36. The van der Waals surface area contributed by atoms with E-state index in [4.69, 9.17) is 27.9 Å². The highest BCUT2D eigenvalue weighted by atomic mass is 35.5. The van der Waals surface area contributed by atoms with Gasteiger partial charge in [-0.15, -0.1) is 0 Å². The summed E-state index contributed by atoms with van der Waals surface area (Å²) < 4.78 is 17.2. The lowest BCUT2D eigenvalue weighted by Gasteiger charge is -2.07. The number of benzene rings is 1. The van der Waals surface area contributed by atoms with E-state index in [9.17, 15) is 9.00 Å². The quantitative estimate of drug-likeness (QED) is 0.859. The number of carbonyl (C=O) groups is 1. The number of ketones is 1. The maximum Gasteiger partial charge on any atom is 0.151 e. The van der Waals surface area contributed by atoms with Crippen molar-refractivity contribution in [2.24, 2.45) is 5.92 Å². The molecule has 1 fully saturated rings. The monoisotopic (exact) mass is 306 g/mol. The maximum absolute atomic E-state index is 12.0. The first-order chi connectivity index (χ1) is 8.58. The van der Waals surface area contributed by atoms with Crippen LogP contribution in [0.2, 0.25) is 10.0 Å². The molecule has 1 heterocycles. The van der Waals surface area contributed by atoms with Crippen molar-refractivity contribution in [1.82, 2.24) is 0 Å². The average Bonchev–Trinajstić information content (AvgIpc) is 2.86. The average molecular weight is 307 g/mol. The van der Waals surface area contributed by atoms with Crippen molar-refractivity contribution in [1.29, 1.82) is 0 Å². The molecule has 0 radical (unpaired) electrons. The van der Waals surface area contributed by atoms with Crippen LogP contribution in [0.25, 0.3) is 0 Å². The Morgan fingerprint density at radius 3 is 2.78 bits per heavy atom. The van der Waals surface area contributed by atoms with Crippen LogP contribution in [0.4, 0.5) is 0 Å². The highest BCUT2D eigenvalue weighted by Gasteiger charge is 2.25. The van der Waals surface area contributed by atoms with Gasteiger partial charge in [0.15, 0.2) is 5.78 Å². The molecule has 1 aliphatic rings. The zero-order chi connectivity index (χ0) is 13.1. The SMILES string of the molecule is O=C(CS(=O)c1ccc(Cl)c(Cl)c1)C1CCOC1.